The molecule has 0 bridgehead atoms. The van der Waals surface area contributed by atoms with Crippen molar-refractivity contribution in [1.29, 1.82) is 0 Å². The minimum atomic E-state index is -0.224. The van der Waals surface area contributed by atoms with Crippen molar-refractivity contribution in [1.82, 2.24) is 10.2 Å². The van der Waals surface area contributed by atoms with Crippen LogP contribution in [-0.2, 0) is 4.79 Å². The lowest BCUT2D eigenvalue weighted by Crippen LogP contribution is -2.19. The van der Waals surface area contributed by atoms with Crippen LogP contribution >= 0.6 is 15.9 Å². The molecular weight excluding hydrogens is 286 g/mol. The summed E-state index contributed by atoms with van der Waals surface area (Å²) in [5.41, 5.74) is 1.54. The Balaban J connectivity index is 2.11. The number of nitrogens with one attached hydrogen (secondary N) is 1. The smallest absolute Gasteiger partial charge is 0.247 e. The van der Waals surface area contributed by atoms with Crippen LogP contribution in [0.4, 0.5) is 5.69 Å². The monoisotopic (exact) mass is 295 g/mol. The topological polar surface area (TPSA) is 68.0 Å². The molecule has 0 aliphatic heterocycles. The lowest BCUT2D eigenvalue weighted by Gasteiger charge is -2.06. The number of aromatic nitrogens is 2. The van der Waals surface area contributed by atoms with Gasteiger partial charge >= 0.3 is 0 Å². The Morgan fingerprint density at radius 1 is 1.41 bits per heavy atom. The number of carbonyl (C=O) groups is 1. The zero-order chi connectivity index (χ0) is 12.3. The van der Waals surface area contributed by atoms with E-state index in [9.17, 15) is 4.79 Å². The number of benzene rings is 1. The normalized spacial score (nSPS) is 12.1. The zero-order valence-electron chi connectivity index (χ0n) is 9.05. The van der Waals surface area contributed by atoms with E-state index in [1.54, 1.807) is 19.1 Å². The number of carbonyl (C=O) groups excluding carboxylic acids is 1. The van der Waals surface area contributed by atoms with Gasteiger partial charge in [-0.3, -0.25) is 4.79 Å². The third kappa shape index (κ3) is 2.91. The van der Waals surface area contributed by atoms with Gasteiger partial charge in [-0.1, -0.05) is 15.9 Å². The average Bonchev–Trinajstić information content (AvgIpc) is 2.83. The molecule has 17 heavy (non-hydrogen) atoms. The number of anilines is 1. The highest BCUT2D eigenvalue weighted by Gasteiger charge is 2.09. The number of rotatable bonds is 3. The molecule has 2 rings (SSSR count). The van der Waals surface area contributed by atoms with Crippen LogP contribution in [0.1, 0.15) is 6.92 Å². The molecule has 1 aromatic carbocycles. The molecule has 1 atom stereocenters. The summed E-state index contributed by atoms with van der Waals surface area (Å²) >= 11 is 3.20. The van der Waals surface area contributed by atoms with E-state index < -0.39 is 0 Å². The van der Waals surface area contributed by atoms with Crippen LogP contribution in [0.5, 0.6) is 0 Å². The molecule has 1 N–H and O–H groups in total. The van der Waals surface area contributed by atoms with Crippen LogP contribution in [0.3, 0.4) is 0 Å². The number of nitrogens with zero attached hydrogens (tertiary/aromatic N) is 2. The van der Waals surface area contributed by atoms with Gasteiger partial charge in [-0.15, -0.1) is 10.2 Å². The SMILES string of the molecule is CC(Br)C(=O)Nc1ccc(-c2nnco2)cc1. The predicted molar refractivity (Wildman–Crippen MR) is 66.8 cm³/mol. The summed E-state index contributed by atoms with van der Waals surface area (Å²) in [5.74, 6) is 0.368. The van der Waals surface area contributed by atoms with Crippen LogP contribution in [0.25, 0.3) is 11.5 Å². The molecule has 0 saturated carbocycles. The molecule has 88 valence electrons. The van der Waals surface area contributed by atoms with E-state index in [0.29, 0.717) is 5.89 Å². The van der Waals surface area contributed by atoms with Gasteiger partial charge in [0.15, 0.2) is 0 Å². The van der Waals surface area contributed by atoms with Gasteiger partial charge in [-0.05, 0) is 31.2 Å². The molecule has 0 aliphatic rings. The van der Waals surface area contributed by atoms with Crippen molar-refractivity contribution in [2.75, 3.05) is 5.32 Å². The van der Waals surface area contributed by atoms with Gasteiger partial charge in [0.05, 0.1) is 4.83 Å². The summed E-state index contributed by atoms with van der Waals surface area (Å²) in [6.07, 6.45) is 1.28. The molecule has 1 amide bonds. The van der Waals surface area contributed by atoms with Crippen molar-refractivity contribution in [3.63, 3.8) is 0 Å². The van der Waals surface area contributed by atoms with Crippen LogP contribution in [0.2, 0.25) is 0 Å². The van der Waals surface area contributed by atoms with Crippen LogP contribution in [-0.4, -0.2) is 20.9 Å². The number of alkyl halides is 1. The van der Waals surface area contributed by atoms with Gasteiger partial charge in [-0.25, -0.2) is 0 Å². The first-order valence-electron chi connectivity index (χ1n) is 4.98. The Morgan fingerprint density at radius 2 is 2.12 bits per heavy atom. The van der Waals surface area contributed by atoms with E-state index in [4.69, 9.17) is 4.42 Å². The van der Waals surface area contributed by atoms with Gasteiger partial charge in [0.25, 0.3) is 0 Å². The molecule has 0 radical (unpaired) electrons. The maximum atomic E-state index is 11.4. The highest BCUT2D eigenvalue weighted by atomic mass is 79.9. The Labute approximate surface area is 106 Å². The fourth-order valence-electron chi connectivity index (χ4n) is 1.24. The molecule has 1 aromatic heterocycles. The van der Waals surface area contributed by atoms with E-state index in [-0.39, 0.29) is 10.7 Å². The van der Waals surface area contributed by atoms with Gasteiger partial charge in [0, 0.05) is 11.3 Å². The van der Waals surface area contributed by atoms with Crippen molar-refractivity contribution in [2.45, 2.75) is 11.8 Å². The molecule has 0 saturated heterocycles. The van der Waals surface area contributed by atoms with Crippen molar-refractivity contribution in [3.8, 4) is 11.5 Å². The molecule has 6 heteroatoms. The summed E-state index contributed by atoms with van der Waals surface area (Å²) < 4.78 is 5.06. The molecular formula is C11H10BrN3O2. The maximum Gasteiger partial charge on any atom is 0.247 e. The quantitative estimate of drug-likeness (QED) is 0.883. The Morgan fingerprint density at radius 3 is 2.65 bits per heavy atom. The second kappa shape index (κ2) is 5.09. The van der Waals surface area contributed by atoms with Crippen molar-refractivity contribution in [3.05, 3.63) is 30.7 Å². The molecule has 1 heterocycles. The Kier molecular flexibility index (Phi) is 3.53. The molecule has 5 nitrogen and oxygen atoms in total. The van der Waals surface area contributed by atoms with Crippen molar-refractivity contribution < 1.29 is 9.21 Å². The zero-order valence-corrected chi connectivity index (χ0v) is 10.6. The van der Waals surface area contributed by atoms with E-state index in [1.165, 1.54) is 6.39 Å². The second-order valence-corrected chi connectivity index (χ2v) is 4.80. The number of hydrogen-bond donors (Lipinski definition) is 1. The molecule has 0 spiro atoms. The van der Waals surface area contributed by atoms with E-state index in [0.717, 1.165) is 11.3 Å². The third-order valence-electron chi connectivity index (χ3n) is 2.12. The van der Waals surface area contributed by atoms with Crippen LogP contribution in [0.15, 0.2) is 35.1 Å². The molecule has 0 aliphatic carbocycles. The van der Waals surface area contributed by atoms with Crippen LogP contribution in [0, 0.1) is 0 Å². The van der Waals surface area contributed by atoms with Gasteiger partial charge in [-0.2, -0.15) is 0 Å². The highest BCUT2D eigenvalue weighted by molar-refractivity contribution is 9.10. The fraction of sp³-hybridized carbons (Fsp3) is 0.182. The van der Waals surface area contributed by atoms with Gasteiger partial charge in [0.1, 0.15) is 0 Å². The summed E-state index contributed by atoms with van der Waals surface area (Å²) in [4.78, 5) is 11.2. The first-order chi connectivity index (χ1) is 8.16. The van der Waals surface area contributed by atoms with Crippen molar-refractivity contribution in [2.24, 2.45) is 0 Å². The van der Waals surface area contributed by atoms with Gasteiger partial charge in [0.2, 0.25) is 18.2 Å². The Bertz CT molecular complexity index is 494. The van der Waals surface area contributed by atoms with Crippen LogP contribution < -0.4 is 5.32 Å². The van der Waals surface area contributed by atoms with E-state index in [2.05, 4.69) is 31.4 Å². The number of amides is 1. The lowest BCUT2D eigenvalue weighted by atomic mass is 10.2. The average molecular weight is 296 g/mol. The number of halogens is 1. The minimum Gasteiger partial charge on any atom is -0.423 e. The summed E-state index contributed by atoms with van der Waals surface area (Å²) in [5, 5.41) is 10.2. The molecule has 0 fully saturated rings. The van der Waals surface area contributed by atoms with Gasteiger partial charge < -0.3 is 9.73 Å². The molecule has 2 aromatic rings. The van der Waals surface area contributed by atoms with Crippen molar-refractivity contribution >= 4 is 27.5 Å². The summed E-state index contributed by atoms with van der Waals surface area (Å²) in [6, 6.07) is 7.18. The Hall–Kier alpha value is -1.69. The highest BCUT2D eigenvalue weighted by Crippen LogP contribution is 2.19. The summed E-state index contributed by atoms with van der Waals surface area (Å²) in [7, 11) is 0. The second-order valence-electron chi connectivity index (χ2n) is 3.43. The van der Waals surface area contributed by atoms with E-state index >= 15 is 0 Å². The largest absolute Gasteiger partial charge is 0.423 e. The number of hydrogen-bond acceptors (Lipinski definition) is 4. The maximum absolute atomic E-state index is 11.4. The third-order valence-corrected chi connectivity index (χ3v) is 2.54. The predicted octanol–water partition coefficient (Wildman–Crippen LogP) is 2.46. The molecule has 1 unspecified atom stereocenters. The van der Waals surface area contributed by atoms with E-state index in [1.807, 2.05) is 12.1 Å². The first-order valence-corrected chi connectivity index (χ1v) is 5.90. The fourth-order valence-corrected chi connectivity index (χ4v) is 1.35. The summed E-state index contributed by atoms with van der Waals surface area (Å²) in [6.45, 7) is 1.77. The standard InChI is InChI=1S/C11H10BrN3O2/c1-7(12)10(16)14-9-4-2-8(3-5-9)11-15-13-6-17-11/h2-7H,1H3,(H,14,16). The lowest BCUT2D eigenvalue weighted by molar-refractivity contribution is -0.115. The first kappa shape index (κ1) is 11.8. The minimum absolute atomic E-state index is 0.0875.